The normalized spacial score (nSPS) is 10.8. The van der Waals surface area contributed by atoms with Crippen molar-refractivity contribution >= 4 is 16.0 Å². The lowest BCUT2D eigenvalue weighted by Crippen LogP contribution is -2.31. The van der Waals surface area contributed by atoms with E-state index in [1.807, 2.05) is 0 Å². The number of carboxylic acid groups (broad SMARTS) is 1. The van der Waals surface area contributed by atoms with Crippen molar-refractivity contribution in [1.82, 2.24) is 4.31 Å². The molecule has 1 aromatic rings. The number of nitrogens with zero attached hydrogens (tertiary/aromatic N) is 1. The maximum atomic E-state index is 12.0. The number of carboxylic acids is 1. The standard InChI is InChI=1S/C13H15NO5S/c1-3-4-9-19-11-5-7-12(8-6-11)20(17,18)14(2)10-13(15)16/h5-8H,9-10H2,1-2H3,(H,15,16). The zero-order valence-corrected chi connectivity index (χ0v) is 12.0. The highest BCUT2D eigenvalue weighted by Gasteiger charge is 2.22. The maximum Gasteiger partial charge on any atom is 0.318 e. The van der Waals surface area contributed by atoms with Gasteiger partial charge in [-0.2, -0.15) is 4.31 Å². The van der Waals surface area contributed by atoms with Gasteiger partial charge in [0.2, 0.25) is 10.0 Å². The molecule has 0 aromatic heterocycles. The average molecular weight is 297 g/mol. The molecule has 1 N–H and O–H groups in total. The predicted octanol–water partition coefficient (Wildman–Crippen LogP) is 0.794. The molecule has 0 heterocycles. The summed E-state index contributed by atoms with van der Waals surface area (Å²) < 4.78 is 30.1. The highest BCUT2D eigenvalue weighted by Crippen LogP contribution is 2.18. The molecule has 0 radical (unpaired) electrons. The summed E-state index contributed by atoms with van der Waals surface area (Å²) in [5, 5.41) is 8.62. The van der Waals surface area contributed by atoms with Gasteiger partial charge in [-0.05, 0) is 31.2 Å². The van der Waals surface area contributed by atoms with E-state index >= 15 is 0 Å². The van der Waals surface area contributed by atoms with Crippen LogP contribution in [0.4, 0.5) is 0 Å². The van der Waals surface area contributed by atoms with Crippen LogP contribution in [0.25, 0.3) is 0 Å². The Morgan fingerprint density at radius 3 is 2.45 bits per heavy atom. The summed E-state index contributed by atoms with van der Waals surface area (Å²) >= 11 is 0. The molecule has 0 fully saturated rings. The smallest absolute Gasteiger partial charge is 0.318 e. The predicted molar refractivity (Wildman–Crippen MR) is 72.8 cm³/mol. The van der Waals surface area contributed by atoms with Crippen LogP contribution >= 0.6 is 0 Å². The van der Waals surface area contributed by atoms with Crippen molar-refractivity contribution in [2.24, 2.45) is 0 Å². The van der Waals surface area contributed by atoms with Gasteiger partial charge in [-0.1, -0.05) is 5.92 Å². The molecule has 0 atom stereocenters. The summed E-state index contributed by atoms with van der Waals surface area (Å²) in [5.41, 5.74) is 0. The van der Waals surface area contributed by atoms with Gasteiger partial charge in [-0.15, -0.1) is 5.92 Å². The SMILES string of the molecule is CC#CCOc1ccc(S(=O)(=O)N(C)CC(=O)O)cc1. The lowest BCUT2D eigenvalue weighted by Gasteiger charge is -2.15. The Morgan fingerprint density at radius 1 is 1.35 bits per heavy atom. The van der Waals surface area contributed by atoms with Crippen LogP contribution in [0.5, 0.6) is 5.75 Å². The maximum absolute atomic E-state index is 12.0. The Morgan fingerprint density at radius 2 is 1.95 bits per heavy atom. The third kappa shape index (κ3) is 4.26. The van der Waals surface area contributed by atoms with Crippen molar-refractivity contribution in [1.29, 1.82) is 0 Å². The first kappa shape index (κ1) is 16.0. The number of carbonyl (C=O) groups is 1. The fraction of sp³-hybridized carbons (Fsp3) is 0.308. The molecule has 0 aliphatic rings. The Hall–Kier alpha value is -2.04. The largest absolute Gasteiger partial charge is 0.481 e. The van der Waals surface area contributed by atoms with Crippen molar-refractivity contribution in [3.05, 3.63) is 24.3 Å². The summed E-state index contributed by atoms with van der Waals surface area (Å²) in [6.07, 6.45) is 0. The van der Waals surface area contributed by atoms with Gasteiger partial charge in [0.1, 0.15) is 18.9 Å². The van der Waals surface area contributed by atoms with E-state index in [4.69, 9.17) is 9.84 Å². The first-order chi connectivity index (χ1) is 9.37. The Bertz CT molecular complexity index is 625. The third-order valence-electron chi connectivity index (χ3n) is 2.38. The van der Waals surface area contributed by atoms with E-state index in [9.17, 15) is 13.2 Å². The van der Waals surface area contributed by atoms with Crippen molar-refractivity contribution in [3.8, 4) is 17.6 Å². The Balaban J connectivity index is 2.85. The number of sulfonamides is 1. The van der Waals surface area contributed by atoms with E-state index in [2.05, 4.69) is 11.8 Å². The van der Waals surface area contributed by atoms with Crippen LogP contribution in [0.15, 0.2) is 29.2 Å². The zero-order valence-electron chi connectivity index (χ0n) is 11.2. The summed E-state index contributed by atoms with van der Waals surface area (Å²) in [7, 11) is -2.59. The van der Waals surface area contributed by atoms with Crippen LogP contribution in [-0.2, 0) is 14.8 Å². The van der Waals surface area contributed by atoms with Crippen LogP contribution in [-0.4, -0.2) is 44.0 Å². The fourth-order valence-corrected chi connectivity index (χ4v) is 2.48. The molecule has 0 aliphatic heterocycles. The second-order valence-electron chi connectivity index (χ2n) is 3.84. The molecule has 0 aliphatic carbocycles. The molecule has 1 aromatic carbocycles. The van der Waals surface area contributed by atoms with E-state index in [1.54, 1.807) is 6.92 Å². The van der Waals surface area contributed by atoms with Crippen LogP contribution < -0.4 is 4.74 Å². The van der Waals surface area contributed by atoms with E-state index in [-0.39, 0.29) is 11.5 Å². The van der Waals surface area contributed by atoms with Gasteiger partial charge in [0.15, 0.2) is 0 Å². The first-order valence-electron chi connectivity index (χ1n) is 5.68. The molecular weight excluding hydrogens is 282 g/mol. The highest BCUT2D eigenvalue weighted by molar-refractivity contribution is 7.89. The number of aliphatic carboxylic acids is 1. The topological polar surface area (TPSA) is 83.9 Å². The first-order valence-corrected chi connectivity index (χ1v) is 7.12. The average Bonchev–Trinajstić information content (AvgIpc) is 2.39. The molecule has 0 amide bonds. The van der Waals surface area contributed by atoms with Crippen molar-refractivity contribution in [3.63, 3.8) is 0 Å². The summed E-state index contributed by atoms with van der Waals surface area (Å²) in [6, 6.07) is 5.72. The van der Waals surface area contributed by atoms with E-state index in [0.717, 1.165) is 4.31 Å². The summed E-state index contributed by atoms with van der Waals surface area (Å²) in [5.74, 6) is 4.67. The second-order valence-corrected chi connectivity index (χ2v) is 5.89. The van der Waals surface area contributed by atoms with Crippen molar-refractivity contribution < 1.29 is 23.1 Å². The van der Waals surface area contributed by atoms with E-state index in [1.165, 1.54) is 31.3 Å². The van der Waals surface area contributed by atoms with Gasteiger partial charge < -0.3 is 9.84 Å². The molecule has 0 unspecified atom stereocenters. The molecule has 0 spiro atoms. The van der Waals surface area contributed by atoms with Gasteiger partial charge in [0.25, 0.3) is 0 Å². The lowest BCUT2D eigenvalue weighted by atomic mass is 10.3. The number of ether oxygens (including phenoxy) is 1. The Kier molecular flexibility index (Phi) is 5.55. The second kappa shape index (κ2) is 6.93. The van der Waals surface area contributed by atoms with Gasteiger partial charge in [0, 0.05) is 7.05 Å². The van der Waals surface area contributed by atoms with Gasteiger partial charge in [-0.25, -0.2) is 8.42 Å². The van der Waals surface area contributed by atoms with Crippen LogP contribution in [0.2, 0.25) is 0 Å². The Labute approximate surface area is 118 Å². The minimum absolute atomic E-state index is 0.00942. The number of likely N-dealkylation sites (N-methyl/N-ethyl adjacent to an activating group) is 1. The zero-order chi connectivity index (χ0) is 15.2. The minimum atomic E-state index is -3.81. The highest BCUT2D eigenvalue weighted by atomic mass is 32.2. The lowest BCUT2D eigenvalue weighted by molar-refractivity contribution is -0.137. The monoisotopic (exact) mass is 297 g/mol. The van der Waals surface area contributed by atoms with Crippen LogP contribution in [0, 0.1) is 11.8 Å². The summed E-state index contributed by atoms with van der Waals surface area (Å²) in [6.45, 7) is 1.32. The number of hydrogen-bond donors (Lipinski definition) is 1. The molecule has 0 bridgehead atoms. The fourth-order valence-electron chi connectivity index (χ4n) is 1.35. The molecule has 20 heavy (non-hydrogen) atoms. The molecule has 0 saturated heterocycles. The van der Waals surface area contributed by atoms with Crippen LogP contribution in [0.1, 0.15) is 6.92 Å². The third-order valence-corrected chi connectivity index (χ3v) is 4.20. The molecule has 6 nitrogen and oxygen atoms in total. The van der Waals surface area contributed by atoms with Crippen molar-refractivity contribution in [2.45, 2.75) is 11.8 Å². The number of hydrogen-bond acceptors (Lipinski definition) is 4. The van der Waals surface area contributed by atoms with E-state index in [0.29, 0.717) is 5.75 Å². The molecule has 1 rings (SSSR count). The number of benzene rings is 1. The molecule has 108 valence electrons. The van der Waals surface area contributed by atoms with Gasteiger partial charge >= 0.3 is 5.97 Å². The summed E-state index contributed by atoms with van der Waals surface area (Å²) in [4.78, 5) is 10.6. The molecule has 7 heteroatoms. The van der Waals surface area contributed by atoms with Gasteiger partial charge in [-0.3, -0.25) is 4.79 Å². The minimum Gasteiger partial charge on any atom is -0.481 e. The van der Waals surface area contributed by atoms with Crippen molar-refractivity contribution in [2.75, 3.05) is 20.2 Å². The molecular formula is C13H15NO5S. The van der Waals surface area contributed by atoms with E-state index < -0.39 is 22.5 Å². The molecule has 0 saturated carbocycles. The quantitative estimate of drug-likeness (QED) is 0.785. The number of rotatable bonds is 6. The van der Waals surface area contributed by atoms with Gasteiger partial charge in [0.05, 0.1) is 4.90 Å². The van der Waals surface area contributed by atoms with Crippen LogP contribution in [0.3, 0.4) is 0 Å².